The van der Waals surface area contributed by atoms with Gasteiger partial charge in [-0.1, -0.05) is 18.2 Å². The van der Waals surface area contributed by atoms with E-state index in [2.05, 4.69) is 5.32 Å². The number of carbonyl (C=O) groups is 1. The van der Waals surface area contributed by atoms with Crippen LogP contribution in [-0.4, -0.2) is 43.1 Å². The van der Waals surface area contributed by atoms with Gasteiger partial charge in [0.1, 0.15) is 11.4 Å². The minimum absolute atomic E-state index is 0.0708. The summed E-state index contributed by atoms with van der Waals surface area (Å²) in [4.78, 5) is 12.9. The number of fused-ring (bicyclic) bond motifs is 1. The van der Waals surface area contributed by atoms with Crippen molar-refractivity contribution in [2.24, 2.45) is 5.92 Å². The van der Waals surface area contributed by atoms with E-state index < -0.39 is 10.0 Å². The number of carbonyl (C=O) groups excluding carboxylic acids is 1. The van der Waals surface area contributed by atoms with Crippen molar-refractivity contribution >= 4 is 15.9 Å². The second kappa shape index (κ2) is 7.19. The van der Waals surface area contributed by atoms with Crippen LogP contribution in [0.4, 0.5) is 0 Å². The summed E-state index contributed by atoms with van der Waals surface area (Å²) in [5.74, 6) is 0.498. The molecule has 2 aliphatic heterocycles. The molecule has 6 nitrogen and oxygen atoms in total. The Morgan fingerprint density at radius 3 is 2.81 bits per heavy atom. The Morgan fingerprint density at radius 2 is 2.08 bits per heavy atom. The monoisotopic (exact) mass is 380 g/mol. The summed E-state index contributed by atoms with van der Waals surface area (Å²) < 4.78 is 31.8. The summed E-state index contributed by atoms with van der Waals surface area (Å²) >= 11 is 0. The van der Waals surface area contributed by atoms with Crippen LogP contribution in [0.1, 0.15) is 51.6 Å². The molecule has 0 spiro atoms. The molecule has 1 aromatic carbocycles. The minimum Gasteiger partial charge on any atom is -0.487 e. The van der Waals surface area contributed by atoms with Crippen LogP contribution in [0.15, 0.2) is 24.3 Å². The summed E-state index contributed by atoms with van der Waals surface area (Å²) in [6, 6.07) is 7.64. The number of amides is 1. The van der Waals surface area contributed by atoms with Gasteiger partial charge in [0.25, 0.3) is 0 Å². The Bertz CT molecular complexity index is 775. The number of para-hydroxylation sites is 1. The van der Waals surface area contributed by atoms with E-state index in [1.54, 1.807) is 6.92 Å². The second-order valence-corrected chi connectivity index (χ2v) is 10.0. The third-order valence-electron chi connectivity index (χ3n) is 5.21. The van der Waals surface area contributed by atoms with Crippen molar-refractivity contribution in [2.75, 3.05) is 18.8 Å². The third-order valence-corrected chi connectivity index (χ3v) is 7.05. The molecule has 2 heterocycles. The number of nitrogens with zero attached hydrogens (tertiary/aromatic N) is 1. The van der Waals surface area contributed by atoms with Crippen LogP contribution in [0.3, 0.4) is 0 Å². The van der Waals surface area contributed by atoms with Crippen LogP contribution in [0.25, 0.3) is 0 Å². The van der Waals surface area contributed by atoms with Crippen molar-refractivity contribution in [1.29, 1.82) is 0 Å². The van der Waals surface area contributed by atoms with Crippen LogP contribution in [-0.2, 0) is 14.8 Å². The minimum atomic E-state index is -3.25. The molecule has 7 heteroatoms. The molecular weight excluding hydrogens is 352 g/mol. The van der Waals surface area contributed by atoms with Crippen LogP contribution < -0.4 is 10.1 Å². The normalized spacial score (nSPS) is 25.8. The molecule has 0 aromatic heterocycles. The number of ether oxygens (including phenoxy) is 1. The van der Waals surface area contributed by atoms with Gasteiger partial charge >= 0.3 is 0 Å². The predicted octanol–water partition coefficient (Wildman–Crippen LogP) is 2.47. The van der Waals surface area contributed by atoms with Crippen molar-refractivity contribution in [3.63, 3.8) is 0 Å². The van der Waals surface area contributed by atoms with Crippen molar-refractivity contribution < 1.29 is 17.9 Å². The van der Waals surface area contributed by atoms with Gasteiger partial charge in [0.15, 0.2) is 0 Å². The maximum absolute atomic E-state index is 12.9. The molecule has 26 heavy (non-hydrogen) atoms. The molecule has 1 N–H and O–H groups in total. The van der Waals surface area contributed by atoms with E-state index in [-0.39, 0.29) is 35.8 Å². The van der Waals surface area contributed by atoms with Crippen LogP contribution in [0.2, 0.25) is 0 Å². The SMILES string of the molecule is CCS(=O)(=O)N1CCC[C@H](C(=O)N[C@@H]2CC(C)(C)Oc3ccccc32)C1. The topological polar surface area (TPSA) is 75.7 Å². The molecular formula is C19H28N2O4S. The van der Waals surface area contributed by atoms with Crippen molar-refractivity contribution in [3.8, 4) is 5.75 Å². The van der Waals surface area contributed by atoms with Gasteiger partial charge < -0.3 is 10.1 Å². The fraction of sp³-hybridized carbons (Fsp3) is 0.632. The molecule has 1 fully saturated rings. The average Bonchev–Trinajstić information content (AvgIpc) is 2.61. The Balaban J connectivity index is 1.73. The molecule has 0 unspecified atom stereocenters. The number of piperidine rings is 1. The molecule has 0 saturated carbocycles. The van der Waals surface area contributed by atoms with E-state index in [4.69, 9.17) is 4.74 Å². The number of rotatable bonds is 4. The van der Waals surface area contributed by atoms with Crippen molar-refractivity contribution in [2.45, 2.75) is 51.7 Å². The highest BCUT2D eigenvalue weighted by atomic mass is 32.2. The second-order valence-electron chi connectivity index (χ2n) is 7.76. The molecule has 2 aliphatic rings. The number of nitrogens with one attached hydrogen (secondary N) is 1. The molecule has 3 rings (SSSR count). The van der Waals surface area contributed by atoms with E-state index in [9.17, 15) is 13.2 Å². The summed E-state index contributed by atoms with van der Waals surface area (Å²) in [7, 11) is -3.25. The lowest BCUT2D eigenvalue weighted by Gasteiger charge is -2.39. The molecule has 144 valence electrons. The highest BCUT2D eigenvalue weighted by Gasteiger charge is 2.37. The number of benzene rings is 1. The van der Waals surface area contributed by atoms with Gasteiger partial charge in [0.2, 0.25) is 15.9 Å². The number of sulfonamides is 1. The van der Waals surface area contributed by atoms with E-state index in [0.717, 1.165) is 17.7 Å². The number of hydrogen-bond donors (Lipinski definition) is 1. The zero-order valence-corrected chi connectivity index (χ0v) is 16.5. The van der Waals surface area contributed by atoms with Gasteiger partial charge in [-0.25, -0.2) is 12.7 Å². The van der Waals surface area contributed by atoms with E-state index in [0.29, 0.717) is 19.4 Å². The molecule has 1 saturated heterocycles. The first-order valence-electron chi connectivity index (χ1n) is 9.28. The first-order valence-corrected chi connectivity index (χ1v) is 10.9. The third kappa shape index (κ3) is 4.04. The lowest BCUT2D eigenvalue weighted by Crippen LogP contribution is -2.48. The van der Waals surface area contributed by atoms with Gasteiger partial charge in [0.05, 0.1) is 17.7 Å². The standard InChI is InChI=1S/C19H28N2O4S/c1-4-26(23,24)21-11-7-8-14(13-21)18(22)20-16-12-19(2,3)25-17-10-6-5-9-15(16)17/h5-6,9-10,14,16H,4,7-8,11-13H2,1-3H3,(H,20,22)/t14-,16+/m0/s1. The van der Waals surface area contributed by atoms with E-state index >= 15 is 0 Å². The predicted molar refractivity (Wildman–Crippen MR) is 100 cm³/mol. The fourth-order valence-corrected chi connectivity index (χ4v) is 4.99. The van der Waals surface area contributed by atoms with Crippen LogP contribution in [0, 0.1) is 5.92 Å². The average molecular weight is 381 g/mol. The first-order chi connectivity index (χ1) is 12.2. The van der Waals surface area contributed by atoms with Gasteiger partial charge in [0, 0.05) is 25.1 Å². The maximum Gasteiger partial charge on any atom is 0.224 e. The quantitative estimate of drug-likeness (QED) is 0.871. The Hall–Kier alpha value is -1.60. The zero-order chi connectivity index (χ0) is 18.9. The van der Waals surface area contributed by atoms with Gasteiger partial charge in [-0.05, 0) is 39.7 Å². The Kier molecular flexibility index (Phi) is 5.30. The van der Waals surface area contributed by atoms with E-state index in [1.165, 1.54) is 4.31 Å². The molecule has 0 aliphatic carbocycles. The molecule has 0 bridgehead atoms. The highest BCUT2D eigenvalue weighted by molar-refractivity contribution is 7.89. The lowest BCUT2D eigenvalue weighted by molar-refractivity contribution is -0.127. The first kappa shape index (κ1) is 19.2. The fourth-order valence-electron chi connectivity index (χ4n) is 3.81. The van der Waals surface area contributed by atoms with Gasteiger partial charge in [-0.3, -0.25) is 4.79 Å². The van der Waals surface area contributed by atoms with Crippen LogP contribution in [0.5, 0.6) is 5.75 Å². The summed E-state index contributed by atoms with van der Waals surface area (Å²) in [5, 5.41) is 3.15. The highest BCUT2D eigenvalue weighted by Crippen LogP contribution is 2.39. The Labute approximate surface area is 156 Å². The summed E-state index contributed by atoms with van der Waals surface area (Å²) in [5.41, 5.74) is 0.616. The largest absolute Gasteiger partial charge is 0.487 e. The maximum atomic E-state index is 12.9. The number of hydrogen-bond acceptors (Lipinski definition) is 4. The molecule has 2 atom stereocenters. The van der Waals surface area contributed by atoms with Gasteiger partial charge in [-0.2, -0.15) is 0 Å². The summed E-state index contributed by atoms with van der Waals surface area (Å²) in [6.45, 7) is 6.44. The summed E-state index contributed by atoms with van der Waals surface area (Å²) in [6.07, 6.45) is 2.11. The van der Waals surface area contributed by atoms with E-state index in [1.807, 2.05) is 38.1 Å². The van der Waals surface area contributed by atoms with Crippen molar-refractivity contribution in [3.05, 3.63) is 29.8 Å². The molecule has 1 amide bonds. The zero-order valence-electron chi connectivity index (χ0n) is 15.7. The Morgan fingerprint density at radius 1 is 1.35 bits per heavy atom. The smallest absolute Gasteiger partial charge is 0.224 e. The molecule has 1 aromatic rings. The lowest BCUT2D eigenvalue weighted by atomic mass is 9.89. The molecule has 0 radical (unpaired) electrons. The van der Waals surface area contributed by atoms with Crippen LogP contribution >= 0.6 is 0 Å². The van der Waals surface area contributed by atoms with Gasteiger partial charge in [-0.15, -0.1) is 0 Å². The van der Waals surface area contributed by atoms with Crippen molar-refractivity contribution in [1.82, 2.24) is 9.62 Å².